The lowest BCUT2D eigenvalue weighted by molar-refractivity contribution is 0.211. The number of fused-ring (bicyclic) bond motifs is 1. The minimum Gasteiger partial charge on any atom is -0.365 e. The van der Waals surface area contributed by atoms with Gasteiger partial charge in [0.15, 0.2) is 17.0 Å². The number of rotatable bonds is 6. The fourth-order valence-electron chi connectivity index (χ4n) is 5.05. The number of aromatic nitrogens is 6. The number of nitrogens with zero attached hydrogens (tertiary/aromatic N) is 7. The molecule has 1 saturated heterocycles. The molecule has 0 amide bonds. The van der Waals surface area contributed by atoms with E-state index in [-0.39, 0.29) is 6.04 Å². The van der Waals surface area contributed by atoms with Gasteiger partial charge in [0.05, 0.1) is 11.3 Å². The summed E-state index contributed by atoms with van der Waals surface area (Å²) in [6.07, 6.45) is 3.82. The van der Waals surface area contributed by atoms with E-state index in [4.69, 9.17) is 4.98 Å². The van der Waals surface area contributed by atoms with Crippen LogP contribution in [0.4, 0.5) is 5.82 Å². The van der Waals surface area contributed by atoms with Crippen molar-refractivity contribution in [2.75, 3.05) is 18.4 Å². The van der Waals surface area contributed by atoms with Gasteiger partial charge >= 0.3 is 0 Å². The molecular weight excluding hydrogens is 424 g/mol. The number of anilines is 1. The summed E-state index contributed by atoms with van der Waals surface area (Å²) in [5, 5.41) is 8.32. The third kappa shape index (κ3) is 4.18. The maximum absolute atomic E-state index is 5.09. The van der Waals surface area contributed by atoms with E-state index in [1.54, 1.807) is 6.33 Å². The van der Waals surface area contributed by atoms with Gasteiger partial charge in [0, 0.05) is 44.5 Å². The molecule has 4 heterocycles. The second-order valence-corrected chi connectivity index (χ2v) is 9.64. The van der Waals surface area contributed by atoms with Crippen LogP contribution < -0.4 is 5.32 Å². The minimum atomic E-state index is 0.211. The van der Waals surface area contributed by atoms with Crippen molar-refractivity contribution in [2.45, 2.75) is 59.2 Å². The molecule has 3 aromatic heterocycles. The molecule has 0 unspecified atom stereocenters. The predicted molar refractivity (Wildman–Crippen MR) is 136 cm³/mol. The minimum absolute atomic E-state index is 0.211. The Balaban J connectivity index is 1.40. The van der Waals surface area contributed by atoms with Crippen molar-refractivity contribution in [3.05, 3.63) is 53.6 Å². The van der Waals surface area contributed by atoms with Gasteiger partial charge in [-0.05, 0) is 46.1 Å². The lowest BCUT2D eigenvalue weighted by atomic mass is 10.0. The summed E-state index contributed by atoms with van der Waals surface area (Å²) >= 11 is 0. The Morgan fingerprint density at radius 3 is 2.44 bits per heavy atom. The number of imidazole rings is 1. The lowest BCUT2D eigenvalue weighted by Gasteiger charge is -2.32. The van der Waals surface area contributed by atoms with Crippen LogP contribution in [0.3, 0.4) is 0 Å². The van der Waals surface area contributed by atoms with Crippen molar-refractivity contribution in [3.63, 3.8) is 0 Å². The molecule has 0 spiro atoms. The first-order chi connectivity index (χ1) is 16.4. The number of piperidine rings is 1. The van der Waals surface area contributed by atoms with Crippen LogP contribution in [0.2, 0.25) is 0 Å². The van der Waals surface area contributed by atoms with E-state index in [2.05, 4.69) is 81.0 Å². The molecule has 0 atom stereocenters. The Kier molecular flexibility index (Phi) is 6.08. The van der Waals surface area contributed by atoms with E-state index in [1.165, 1.54) is 5.56 Å². The average molecular weight is 459 g/mol. The summed E-state index contributed by atoms with van der Waals surface area (Å²) in [6.45, 7) is 11.6. The maximum atomic E-state index is 5.09. The molecule has 4 aromatic rings. The molecule has 8 heteroatoms. The van der Waals surface area contributed by atoms with Crippen LogP contribution in [0.25, 0.3) is 22.6 Å². The predicted octanol–water partition coefficient (Wildman–Crippen LogP) is 4.50. The number of benzene rings is 1. The second kappa shape index (κ2) is 9.18. The third-order valence-electron chi connectivity index (χ3n) is 6.90. The summed E-state index contributed by atoms with van der Waals surface area (Å²) in [6, 6.07) is 11.3. The van der Waals surface area contributed by atoms with Gasteiger partial charge in [-0.15, -0.1) is 0 Å². The molecule has 1 fully saturated rings. The van der Waals surface area contributed by atoms with Gasteiger partial charge < -0.3 is 9.88 Å². The second-order valence-electron chi connectivity index (χ2n) is 9.64. The number of aryl methyl sites for hydroxylation is 2. The van der Waals surface area contributed by atoms with Crippen molar-refractivity contribution in [2.24, 2.45) is 7.05 Å². The highest BCUT2D eigenvalue weighted by molar-refractivity contribution is 5.87. The van der Waals surface area contributed by atoms with E-state index in [1.807, 2.05) is 18.7 Å². The first kappa shape index (κ1) is 22.5. The zero-order valence-electron chi connectivity index (χ0n) is 20.8. The highest BCUT2D eigenvalue weighted by Crippen LogP contribution is 2.33. The molecule has 178 valence electrons. The van der Waals surface area contributed by atoms with E-state index in [0.29, 0.717) is 6.04 Å². The van der Waals surface area contributed by atoms with Crippen LogP contribution in [-0.4, -0.2) is 53.3 Å². The van der Waals surface area contributed by atoms with Crippen molar-refractivity contribution >= 4 is 17.0 Å². The number of hydrogen-bond acceptors (Lipinski definition) is 6. The Bertz CT molecular complexity index is 1280. The number of nitrogens with one attached hydrogen (secondary N) is 1. The topological polar surface area (TPSA) is 76.7 Å². The van der Waals surface area contributed by atoms with E-state index in [0.717, 1.165) is 72.2 Å². The molecule has 1 N–H and O–H groups in total. The quantitative estimate of drug-likeness (QED) is 0.458. The van der Waals surface area contributed by atoms with Crippen molar-refractivity contribution in [1.29, 1.82) is 0 Å². The van der Waals surface area contributed by atoms with E-state index in [9.17, 15) is 0 Å². The van der Waals surface area contributed by atoms with Gasteiger partial charge in [0.1, 0.15) is 12.2 Å². The Hall–Kier alpha value is -3.26. The van der Waals surface area contributed by atoms with E-state index < -0.39 is 0 Å². The van der Waals surface area contributed by atoms with Gasteiger partial charge in [-0.25, -0.2) is 15.0 Å². The molecule has 1 aliphatic rings. The standard InChI is InChI=1S/C26H34N8/c1-17(2)34-25(22-18(3)31-32(5)19(22)4)30-23-24(27-16-28-26(23)34)29-21-11-13-33(14-12-21)15-20-9-7-6-8-10-20/h6-10,16-17,21H,11-15H2,1-5H3,(H,27,28,29). The SMILES string of the molecule is Cc1nn(C)c(C)c1-c1nc2c(NC3CCN(Cc4ccccc4)CC3)ncnc2n1C(C)C. The zero-order chi connectivity index (χ0) is 23.8. The highest BCUT2D eigenvalue weighted by atomic mass is 15.3. The van der Waals surface area contributed by atoms with Crippen molar-refractivity contribution in [3.8, 4) is 11.4 Å². The summed E-state index contributed by atoms with van der Waals surface area (Å²) in [7, 11) is 1.98. The third-order valence-corrected chi connectivity index (χ3v) is 6.90. The van der Waals surface area contributed by atoms with Crippen LogP contribution in [0.15, 0.2) is 36.7 Å². The van der Waals surface area contributed by atoms with Gasteiger partial charge in [-0.1, -0.05) is 30.3 Å². The smallest absolute Gasteiger partial charge is 0.166 e. The van der Waals surface area contributed by atoms with Gasteiger partial charge in [-0.2, -0.15) is 5.10 Å². The number of hydrogen-bond donors (Lipinski definition) is 1. The molecule has 0 radical (unpaired) electrons. The first-order valence-corrected chi connectivity index (χ1v) is 12.2. The largest absolute Gasteiger partial charge is 0.365 e. The van der Waals surface area contributed by atoms with Gasteiger partial charge in [0.2, 0.25) is 0 Å². The Labute approximate surface area is 201 Å². The van der Waals surface area contributed by atoms with Crippen LogP contribution in [-0.2, 0) is 13.6 Å². The summed E-state index contributed by atoms with van der Waals surface area (Å²) in [5.74, 6) is 1.74. The molecule has 8 nitrogen and oxygen atoms in total. The summed E-state index contributed by atoms with van der Waals surface area (Å²) in [4.78, 5) is 16.9. The van der Waals surface area contributed by atoms with Crippen molar-refractivity contribution in [1.82, 2.24) is 34.2 Å². The van der Waals surface area contributed by atoms with E-state index >= 15 is 0 Å². The zero-order valence-corrected chi connectivity index (χ0v) is 20.8. The van der Waals surface area contributed by atoms with Crippen LogP contribution in [0.1, 0.15) is 49.7 Å². The van der Waals surface area contributed by atoms with Crippen LogP contribution in [0.5, 0.6) is 0 Å². The average Bonchev–Trinajstić information content (AvgIpc) is 3.32. The molecule has 0 aliphatic carbocycles. The van der Waals surface area contributed by atoms with Crippen molar-refractivity contribution < 1.29 is 0 Å². The van der Waals surface area contributed by atoms with Gasteiger partial charge in [0.25, 0.3) is 0 Å². The highest BCUT2D eigenvalue weighted by Gasteiger charge is 2.25. The Morgan fingerprint density at radius 2 is 1.79 bits per heavy atom. The maximum Gasteiger partial charge on any atom is 0.166 e. The number of likely N-dealkylation sites (tertiary alicyclic amines) is 1. The summed E-state index contributed by atoms with van der Waals surface area (Å²) in [5.41, 5.74) is 6.23. The molecule has 0 bridgehead atoms. The lowest BCUT2D eigenvalue weighted by Crippen LogP contribution is -2.38. The fraction of sp³-hybridized carbons (Fsp3) is 0.462. The monoisotopic (exact) mass is 458 g/mol. The summed E-state index contributed by atoms with van der Waals surface area (Å²) < 4.78 is 4.13. The molecular formula is C26H34N8. The molecule has 34 heavy (non-hydrogen) atoms. The van der Waals surface area contributed by atoms with Gasteiger partial charge in [-0.3, -0.25) is 9.58 Å². The van der Waals surface area contributed by atoms with Crippen LogP contribution >= 0.6 is 0 Å². The fourth-order valence-corrected chi connectivity index (χ4v) is 5.05. The molecule has 1 aromatic carbocycles. The van der Waals surface area contributed by atoms with Crippen LogP contribution in [0, 0.1) is 13.8 Å². The normalized spacial score (nSPS) is 15.5. The first-order valence-electron chi connectivity index (χ1n) is 12.2. The molecule has 5 rings (SSSR count). The molecule has 1 aliphatic heterocycles. The Morgan fingerprint density at radius 1 is 1.06 bits per heavy atom. The molecule has 0 saturated carbocycles.